The number of carbonyl (C=O) groups is 1. The second-order valence-electron chi connectivity index (χ2n) is 4.34. The highest BCUT2D eigenvalue weighted by atomic mass is 16.3. The number of amides is 1. The van der Waals surface area contributed by atoms with Gasteiger partial charge in [0, 0.05) is 18.3 Å². The van der Waals surface area contributed by atoms with Crippen LogP contribution in [-0.2, 0) is 4.79 Å². The molecule has 0 aliphatic rings. The summed E-state index contributed by atoms with van der Waals surface area (Å²) in [6, 6.07) is 16.3. The first-order valence-electron chi connectivity index (χ1n) is 6.54. The van der Waals surface area contributed by atoms with Gasteiger partial charge >= 0.3 is 0 Å². The number of para-hydroxylation sites is 1. The highest BCUT2D eigenvalue weighted by Gasteiger charge is 2.09. The summed E-state index contributed by atoms with van der Waals surface area (Å²) in [5.41, 5.74) is 1.76. The van der Waals surface area contributed by atoms with Crippen molar-refractivity contribution in [2.75, 3.05) is 11.4 Å². The molecule has 0 aliphatic heterocycles. The molecule has 0 heterocycles. The minimum Gasteiger partial charge on any atom is -0.508 e. The van der Waals surface area contributed by atoms with Crippen molar-refractivity contribution >= 4 is 17.7 Å². The molecule has 2 aromatic carbocycles. The van der Waals surface area contributed by atoms with Crippen molar-refractivity contribution in [2.45, 2.75) is 6.92 Å². The van der Waals surface area contributed by atoms with E-state index in [0.717, 1.165) is 11.3 Å². The number of phenols is 1. The van der Waals surface area contributed by atoms with Crippen LogP contribution in [0.5, 0.6) is 5.75 Å². The zero-order chi connectivity index (χ0) is 14.4. The second-order valence-corrected chi connectivity index (χ2v) is 4.34. The van der Waals surface area contributed by atoms with Crippen LogP contribution in [0.2, 0.25) is 0 Å². The SMILES string of the molecule is CCN(C(=O)/C=C/c1ccc(O)cc1)c1ccccc1. The Hall–Kier alpha value is -2.55. The van der Waals surface area contributed by atoms with Gasteiger partial charge in [0.15, 0.2) is 0 Å². The normalized spacial score (nSPS) is 10.7. The molecule has 0 saturated carbocycles. The molecule has 3 nitrogen and oxygen atoms in total. The number of carbonyl (C=O) groups excluding carboxylic acids is 1. The molecule has 0 unspecified atom stereocenters. The molecular formula is C17H17NO2. The maximum absolute atomic E-state index is 12.2. The summed E-state index contributed by atoms with van der Waals surface area (Å²) in [7, 11) is 0. The van der Waals surface area contributed by atoms with Crippen LogP contribution in [0.15, 0.2) is 60.7 Å². The molecule has 3 heteroatoms. The Morgan fingerprint density at radius 1 is 1.10 bits per heavy atom. The van der Waals surface area contributed by atoms with Crippen molar-refractivity contribution in [3.05, 3.63) is 66.2 Å². The molecule has 0 radical (unpaired) electrons. The first-order chi connectivity index (χ1) is 9.70. The summed E-state index contributed by atoms with van der Waals surface area (Å²) in [5, 5.41) is 9.21. The Labute approximate surface area is 118 Å². The van der Waals surface area contributed by atoms with Crippen LogP contribution in [0.3, 0.4) is 0 Å². The maximum Gasteiger partial charge on any atom is 0.250 e. The van der Waals surface area contributed by atoms with Crippen LogP contribution >= 0.6 is 0 Å². The van der Waals surface area contributed by atoms with Crippen LogP contribution in [0.25, 0.3) is 6.08 Å². The van der Waals surface area contributed by atoms with E-state index < -0.39 is 0 Å². The third-order valence-electron chi connectivity index (χ3n) is 2.96. The highest BCUT2D eigenvalue weighted by molar-refractivity contribution is 6.03. The van der Waals surface area contributed by atoms with E-state index in [1.807, 2.05) is 37.3 Å². The van der Waals surface area contributed by atoms with E-state index in [4.69, 9.17) is 0 Å². The summed E-state index contributed by atoms with van der Waals surface area (Å²) in [5.74, 6) is 0.153. The van der Waals surface area contributed by atoms with Gasteiger partial charge in [-0.15, -0.1) is 0 Å². The van der Waals surface area contributed by atoms with Crippen molar-refractivity contribution in [3.8, 4) is 5.75 Å². The number of hydrogen-bond donors (Lipinski definition) is 1. The first kappa shape index (κ1) is 13.9. The maximum atomic E-state index is 12.2. The molecule has 0 fully saturated rings. The Morgan fingerprint density at radius 3 is 2.35 bits per heavy atom. The van der Waals surface area contributed by atoms with Gasteiger partial charge in [0.25, 0.3) is 5.91 Å². The highest BCUT2D eigenvalue weighted by Crippen LogP contribution is 2.15. The van der Waals surface area contributed by atoms with Gasteiger partial charge in [-0.2, -0.15) is 0 Å². The van der Waals surface area contributed by atoms with E-state index in [-0.39, 0.29) is 11.7 Å². The second kappa shape index (κ2) is 6.57. The number of nitrogens with zero attached hydrogens (tertiary/aromatic N) is 1. The molecule has 1 amide bonds. The summed E-state index contributed by atoms with van der Waals surface area (Å²) < 4.78 is 0. The summed E-state index contributed by atoms with van der Waals surface area (Å²) in [6.07, 6.45) is 3.29. The van der Waals surface area contributed by atoms with E-state index in [9.17, 15) is 9.90 Å². The zero-order valence-corrected chi connectivity index (χ0v) is 11.4. The molecule has 1 N–H and O–H groups in total. The lowest BCUT2D eigenvalue weighted by Gasteiger charge is -2.19. The number of likely N-dealkylation sites (N-methyl/N-ethyl adjacent to an activating group) is 1. The molecule has 0 saturated heterocycles. The molecule has 102 valence electrons. The molecule has 0 bridgehead atoms. The van der Waals surface area contributed by atoms with Crippen molar-refractivity contribution in [1.82, 2.24) is 0 Å². The van der Waals surface area contributed by atoms with Gasteiger partial charge in [-0.1, -0.05) is 30.3 Å². The zero-order valence-electron chi connectivity index (χ0n) is 11.4. The standard InChI is InChI=1S/C17H17NO2/c1-2-18(15-6-4-3-5-7-15)17(20)13-10-14-8-11-16(19)12-9-14/h3-13,19H,2H2,1H3/b13-10+. The molecule has 2 aromatic rings. The predicted octanol–water partition coefficient (Wildman–Crippen LogP) is 3.46. The Morgan fingerprint density at radius 2 is 1.75 bits per heavy atom. The van der Waals surface area contributed by atoms with Gasteiger partial charge < -0.3 is 10.0 Å². The van der Waals surface area contributed by atoms with Gasteiger partial charge in [-0.05, 0) is 42.8 Å². The summed E-state index contributed by atoms with van der Waals surface area (Å²) >= 11 is 0. The third kappa shape index (κ3) is 3.48. The predicted molar refractivity (Wildman–Crippen MR) is 81.6 cm³/mol. The summed E-state index contributed by atoms with van der Waals surface area (Å²) in [4.78, 5) is 13.9. The lowest BCUT2D eigenvalue weighted by molar-refractivity contribution is -0.114. The Bertz CT molecular complexity index is 588. The Balaban J connectivity index is 2.12. The molecule has 2 rings (SSSR count). The third-order valence-corrected chi connectivity index (χ3v) is 2.96. The minimum atomic E-state index is -0.0632. The molecule has 20 heavy (non-hydrogen) atoms. The summed E-state index contributed by atoms with van der Waals surface area (Å²) in [6.45, 7) is 2.56. The fraction of sp³-hybridized carbons (Fsp3) is 0.118. The van der Waals surface area contributed by atoms with Crippen molar-refractivity contribution in [3.63, 3.8) is 0 Å². The number of rotatable bonds is 4. The van der Waals surface area contributed by atoms with Gasteiger partial charge in [-0.3, -0.25) is 4.79 Å². The lowest BCUT2D eigenvalue weighted by atomic mass is 10.2. The van der Waals surface area contributed by atoms with Crippen molar-refractivity contribution < 1.29 is 9.90 Å². The molecule has 0 atom stereocenters. The van der Waals surface area contributed by atoms with Crippen LogP contribution in [-0.4, -0.2) is 17.6 Å². The van der Waals surface area contributed by atoms with Gasteiger partial charge in [-0.25, -0.2) is 0 Å². The van der Waals surface area contributed by atoms with E-state index in [0.29, 0.717) is 6.54 Å². The molecule has 0 aliphatic carbocycles. The lowest BCUT2D eigenvalue weighted by Crippen LogP contribution is -2.28. The average molecular weight is 267 g/mol. The van der Waals surface area contributed by atoms with Gasteiger partial charge in [0.2, 0.25) is 0 Å². The van der Waals surface area contributed by atoms with E-state index in [1.165, 1.54) is 0 Å². The van der Waals surface area contributed by atoms with Crippen molar-refractivity contribution in [2.24, 2.45) is 0 Å². The largest absolute Gasteiger partial charge is 0.508 e. The first-order valence-corrected chi connectivity index (χ1v) is 6.54. The van der Waals surface area contributed by atoms with Crippen LogP contribution in [0.1, 0.15) is 12.5 Å². The topological polar surface area (TPSA) is 40.5 Å². The van der Waals surface area contributed by atoms with Crippen molar-refractivity contribution in [1.29, 1.82) is 0 Å². The van der Waals surface area contributed by atoms with Crippen LogP contribution in [0.4, 0.5) is 5.69 Å². The smallest absolute Gasteiger partial charge is 0.250 e. The van der Waals surface area contributed by atoms with Crippen LogP contribution in [0, 0.1) is 0 Å². The number of benzene rings is 2. The quantitative estimate of drug-likeness (QED) is 0.862. The minimum absolute atomic E-state index is 0.0632. The van der Waals surface area contributed by atoms with E-state index >= 15 is 0 Å². The van der Waals surface area contributed by atoms with E-state index in [1.54, 1.807) is 41.3 Å². The molecule has 0 spiro atoms. The van der Waals surface area contributed by atoms with Crippen LogP contribution < -0.4 is 4.90 Å². The van der Waals surface area contributed by atoms with E-state index in [2.05, 4.69) is 0 Å². The van der Waals surface area contributed by atoms with Gasteiger partial charge in [0.1, 0.15) is 5.75 Å². The molecule has 0 aromatic heterocycles. The fourth-order valence-corrected chi connectivity index (χ4v) is 1.92. The fourth-order valence-electron chi connectivity index (χ4n) is 1.92. The monoisotopic (exact) mass is 267 g/mol. The molecular weight excluding hydrogens is 250 g/mol. The van der Waals surface area contributed by atoms with Gasteiger partial charge in [0.05, 0.1) is 0 Å². The Kier molecular flexibility index (Phi) is 4.56. The number of hydrogen-bond acceptors (Lipinski definition) is 2. The number of anilines is 1. The average Bonchev–Trinajstić information content (AvgIpc) is 2.48. The number of aromatic hydroxyl groups is 1. The number of phenolic OH excluding ortho intramolecular Hbond substituents is 1.